The number of sulfone groups is 1. The maximum absolute atomic E-state index is 11.2. The van der Waals surface area contributed by atoms with Crippen molar-refractivity contribution in [1.82, 2.24) is 5.32 Å². The molecule has 0 amide bonds. The highest BCUT2D eigenvalue weighted by atomic mass is 32.2. The lowest BCUT2D eigenvalue weighted by molar-refractivity contribution is 0.576. The Kier molecular flexibility index (Phi) is 1.29. The van der Waals surface area contributed by atoms with Crippen LogP contribution in [0.25, 0.3) is 0 Å². The fourth-order valence-electron chi connectivity index (χ4n) is 1.88. The van der Waals surface area contributed by atoms with E-state index in [0.29, 0.717) is 18.2 Å². The highest BCUT2D eigenvalue weighted by molar-refractivity contribution is 7.92. The van der Waals surface area contributed by atoms with Gasteiger partial charge < -0.3 is 5.32 Å². The zero-order valence-corrected chi connectivity index (χ0v) is 6.52. The van der Waals surface area contributed by atoms with Crippen molar-refractivity contribution in [3.8, 4) is 0 Å². The van der Waals surface area contributed by atoms with Crippen molar-refractivity contribution in [3.63, 3.8) is 0 Å². The van der Waals surface area contributed by atoms with E-state index in [-0.39, 0.29) is 5.25 Å². The molecule has 0 bridgehead atoms. The van der Waals surface area contributed by atoms with Gasteiger partial charge >= 0.3 is 0 Å². The van der Waals surface area contributed by atoms with E-state index in [9.17, 15) is 8.42 Å². The molecule has 0 aromatic rings. The minimum absolute atomic E-state index is 0.0486. The van der Waals surface area contributed by atoms with Crippen LogP contribution in [0.5, 0.6) is 0 Å². The third-order valence-electron chi connectivity index (χ3n) is 2.51. The topological polar surface area (TPSA) is 46.2 Å². The van der Waals surface area contributed by atoms with E-state index in [2.05, 4.69) is 5.32 Å². The smallest absolute Gasteiger partial charge is 0.154 e. The number of nitrogens with one attached hydrogen (secondary N) is 1. The fraction of sp³-hybridized carbons (Fsp3) is 1.00. The number of fused-ring (bicyclic) bond motifs is 1. The van der Waals surface area contributed by atoms with Crippen LogP contribution in [0.3, 0.4) is 0 Å². The third kappa shape index (κ3) is 0.787. The summed E-state index contributed by atoms with van der Waals surface area (Å²) in [4.78, 5) is 0. The van der Waals surface area contributed by atoms with Gasteiger partial charge in [0.2, 0.25) is 0 Å². The summed E-state index contributed by atoms with van der Waals surface area (Å²) in [6, 6.07) is 0. The van der Waals surface area contributed by atoms with Crippen LogP contribution < -0.4 is 5.32 Å². The summed E-state index contributed by atoms with van der Waals surface area (Å²) in [7, 11) is -2.69. The molecule has 3 nitrogen and oxygen atoms in total. The van der Waals surface area contributed by atoms with E-state index in [4.69, 9.17) is 0 Å². The van der Waals surface area contributed by atoms with Gasteiger partial charge in [0.1, 0.15) is 0 Å². The van der Waals surface area contributed by atoms with Gasteiger partial charge in [0, 0.05) is 6.54 Å². The number of rotatable bonds is 0. The second kappa shape index (κ2) is 1.95. The highest BCUT2D eigenvalue weighted by Gasteiger charge is 2.42. The second-order valence-corrected chi connectivity index (χ2v) is 5.45. The predicted octanol–water partition coefficient (Wildman–Crippen LogP) is -0.607. The molecule has 10 heavy (non-hydrogen) atoms. The molecule has 0 aliphatic carbocycles. The third-order valence-corrected chi connectivity index (χ3v) is 4.79. The Bertz CT molecular complexity index is 234. The first kappa shape index (κ1) is 6.61. The Morgan fingerprint density at radius 1 is 1.30 bits per heavy atom. The van der Waals surface area contributed by atoms with Crippen LogP contribution in [0.4, 0.5) is 0 Å². The molecule has 2 aliphatic rings. The van der Waals surface area contributed by atoms with Crippen LogP contribution in [-0.4, -0.2) is 32.5 Å². The van der Waals surface area contributed by atoms with E-state index in [1.807, 2.05) is 0 Å². The monoisotopic (exact) mass is 161 g/mol. The summed E-state index contributed by atoms with van der Waals surface area (Å²) < 4.78 is 22.4. The first-order valence-electron chi connectivity index (χ1n) is 3.62. The van der Waals surface area contributed by atoms with E-state index < -0.39 is 9.84 Å². The standard InChI is InChI=1S/C6H11NO2S/c8-10(9)2-1-5-3-7-4-6(5)10/h5-7H,1-4H2/t5-,6+/m1/s1. The molecule has 4 heteroatoms. The zero-order valence-electron chi connectivity index (χ0n) is 5.71. The van der Waals surface area contributed by atoms with Crippen molar-refractivity contribution in [2.45, 2.75) is 11.7 Å². The molecule has 2 rings (SSSR count). The molecular formula is C6H11NO2S. The summed E-state index contributed by atoms with van der Waals surface area (Å²) in [5.74, 6) is 0.842. The SMILES string of the molecule is O=S1(=O)CC[C@@H]2CNC[C@@H]21. The maximum Gasteiger partial charge on any atom is 0.154 e. The molecule has 2 fully saturated rings. The molecule has 0 unspecified atom stereocenters. The van der Waals surface area contributed by atoms with Gasteiger partial charge in [0.15, 0.2) is 9.84 Å². The zero-order chi connectivity index (χ0) is 7.19. The predicted molar refractivity (Wildman–Crippen MR) is 38.6 cm³/mol. The van der Waals surface area contributed by atoms with E-state index in [1.165, 1.54) is 0 Å². The molecule has 2 saturated heterocycles. The van der Waals surface area contributed by atoms with Crippen molar-refractivity contribution in [2.24, 2.45) is 5.92 Å². The van der Waals surface area contributed by atoms with Crippen LogP contribution >= 0.6 is 0 Å². The average molecular weight is 161 g/mol. The molecule has 0 aromatic heterocycles. The summed E-state index contributed by atoms with van der Waals surface area (Å²) in [6.45, 7) is 1.59. The van der Waals surface area contributed by atoms with Gasteiger partial charge in [0.05, 0.1) is 11.0 Å². The van der Waals surface area contributed by atoms with Gasteiger partial charge in [-0.05, 0) is 18.9 Å². The van der Waals surface area contributed by atoms with Gasteiger partial charge in [0.25, 0.3) is 0 Å². The summed E-state index contributed by atoms with van der Waals surface area (Å²) in [5.41, 5.74) is 0. The molecular weight excluding hydrogens is 150 g/mol. The Balaban J connectivity index is 2.32. The first-order valence-corrected chi connectivity index (χ1v) is 5.34. The Morgan fingerprint density at radius 2 is 2.10 bits per heavy atom. The van der Waals surface area contributed by atoms with E-state index in [1.54, 1.807) is 0 Å². The minimum atomic E-state index is -2.69. The molecule has 2 atom stereocenters. The second-order valence-electron chi connectivity index (χ2n) is 3.11. The van der Waals surface area contributed by atoms with E-state index >= 15 is 0 Å². The van der Waals surface area contributed by atoms with Crippen LogP contribution in [0, 0.1) is 5.92 Å². The highest BCUT2D eigenvalue weighted by Crippen LogP contribution is 2.28. The van der Waals surface area contributed by atoms with Gasteiger partial charge in [-0.15, -0.1) is 0 Å². The van der Waals surface area contributed by atoms with Gasteiger partial charge in [-0.25, -0.2) is 8.42 Å². The molecule has 0 saturated carbocycles. The summed E-state index contributed by atoms with van der Waals surface area (Å²) in [6.07, 6.45) is 0.875. The quantitative estimate of drug-likeness (QED) is 0.515. The van der Waals surface area contributed by atoms with Gasteiger partial charge in [-0.1, -0.05) is 0 Å². The van der Waals surface area contributed by atoms with Crippen LogP contribution in [0.2, 0.25) is 0 Å². The summed E-state index contributed by atoms with van der Waals surface area (Å²) in [5, 5.41) is 3.05. The van der Waals surface area contributed by atoms with Crippen molar-refractivity contribution in [2.75, 3.05) is 18.8 Å². The van der Waals surface area contributed by atoms with E-state index in [0.717, 1.165) is 13.0 Å². The Labute approximate surface area is 60.7 Å². The average Bonchev–Trinajstić information content (AvgIpc) is 2.36. The fourth-order valence-corrected chi connectivity index (χ4v) is 4.01. The van der Waals surface area contributed by atoms with Crippen LogP contribution in [0.1, 0.15) is 6.42 Å². The van der Waals surface area contributed by atoms with Gasteiger partial charge in [-0.2, -0.15) is 0 Å². The number of hydrogen-bond acceptors (Lipinski definition) is 3. The molecule has 1 N–H and O–H groups in total. The maximum atomic E-state index is 11.2. The van der Waals surface area contributed by atoms with Crippen molar-refractivity contribution in [1.29, 1.82) is 0 Å². The molecule has 0 radical (unpaired) electrons. The molecule has 58 valence electrons. The van der Waals surface area contributed by atoms with Crippen molar-refractivity contribution in [3.05, 3.63) is 0 Å². The van der Waals surface area contributed by atoms with Gasteiger partial charge in [-0.3, -0.25) is 0 Å². The lowest BCUT2D eigenvalue weighted by atomic mass is 10.1. The normalized spacial score (nSPS) is 43.6. The van der Waals surface area contributed by atoms with Crippen molar-refractivity contribution < 1.29 is 8.42 Å². The Hall–Kier alpha value is -0.0900. The molecule has 2 aliphatic heterocycles. The lowest BCUT2D eigenvalue weighted by Crippen LogP contribution is -2.22. The lowest BCUT2D eigenvalue weighted by Gasteiger charge is -2.03. The molecule has 0 aromatic carbocycles. The van der Waals surface area contributed by atoms with Crippen LogP contribution in [0.15, 0.2) is 0 Å². The first-order chi connectivity index (χ1) is 4.70. The van der Waals surface area contributed by atoms with Crippen molar-refractivity contribution >= 4 is 9.84 Å². The van der Waals surface area contributed by atoms with Crippen LogP contribution in [-0.2, 0) is 9.84 Å². The summed E-state index contributed by atoms with van der Waals surface area (Å²) >= 11 is 0. The Morgan fingerprint density at radius 3 is 2.80 bits per heavy atom. The molecule has 0 spiro atoms. The number of hydrogen-bond donors (Lipinski definition) is 1. The largest absolute Gasteiger partial charge is 0.315 e. The molecule has 2 heterocycles. The minimum Gasteiger partial charge on any atom is -0.315 e.